The summed E-state index contributed by atoms with van der Waals surface area (Å²) >= 11 is 4.38. The molecule has 5 nitrogen and oxygen atoms in total. The maximum absolute atomic E-state index is 12.4. The second-order valence-corrected chi connectivity index (χ2v) is 9.35. The molecule has 0 atom stereocenters. The zero-order chi connectivity index (χ0) is 15.0. The van der Waals surface area contributed by atoms with E-state index in [4.69, 9.17) is 0 Å². The summed E-state index contributed by atoms with van der Waals surface area (Å²) in [6.45, 7) is 1.80. The molecular formula is C12H16BrNO4S2. The Morgan fingerprint density at radius 1 is 1.40 bits per heavy atom. The second-order valence-electron chi connectivity index (χ2n) is 5.08. The Kier molecular flexibility index (Phi) is 4.58. The summed E-state index contributed by atoms with van der Waals surface area (Å²) in [6, 6.07) is 1.55. The first kappa shape index (κ1) is 15.9. The van der Waals surface area contributed by atoms with Crippen LogP contribution in [0.4, 0.5) is 0 Å². The maximum atomic E-state index is 12.4. The standard InChI is InChI=1S/C12H16BrNO4S2/c1-8-7-9(19-10(8)13)20(17,18)14-12(11(15)16)5-3-2-4-6-12/h7,14H,2-6H2,1H3,(H,15,16). The molecule has 2 rings (SSSR count). The van der Waals surface area contributed by atoms with Crippen LogP contribution in [0.25, 0.3) is 0 Å². The normalized spacial score (nSPS) is 18.9. The molecule has 1 heterocycles. The monoisotopic (exact) mass is 381 g/mol. The summed E-state index contributed by atoms with van der Waals surface area (Å²) in [5, 5.41) is 9.43. The Labute approximate surface area is 130 Å². The lowest BCUT2D eigenvalue weighted by molar-refractivity contribution is -0.145. The van der Waals surface area contributed by atoms with Crippen molar-refractivity contribution in [2.75, 3.05) is 0 Å². The molecule has 0 saturated heterocycles. The van der Waals surface area contributed by atoms with Gasteiger partial charge >= 0.3 is 5.97 Å². The minimum atomic E-state index is -3.81. The van der Waals surface area contributed by atoms with Gasteiger partial charge in [0.2, 0.25) is 0 Å². The van der Waals surface area contributed by atoms with Gasteiger partial charge < -0.3 is 5.11 Å². The fourth-order valence-corrected chi connectivity index (χ4v) is 6.03. The first-order valence-electron chi connectivity index (χ1n) is 6.30. The van der Waals surface area contributed by atoms with Gasteiger partial charge in [0, 0.05) is 0 Å². The van der Waals surface area contributed by atoms with E-state index in [1.54, 1.807) is 13.0 Å². The largest absolute Gasteiger partial charge is 0.480 e. The van der Waals surface area contributed by atoms with E-state index >= 15 is 0 Å². The third kappa shape index (κ3) is 3.08. The van der Waals surface area contributed by atoms with Crippen LogP contribution in [0.15, 0.2) is 14.1 Å². The van der Waals surface area contributed by atoms with Gasteiger partial charge in [0.1, 0.15) is 9.75 Å². The summed E-state index contributed by atoms with van der Waals surface area (Å²) in [4.78, 5) is 11.5. The molecule has 20 heavy (non-hydrogen) atoms. The number of halogens is 1. The van der Waals surface area contributed by atoms with E-state index in [0.29, 0.717) is 12.8 Å². The van der Waals surface area contributed by atoms with Crippen LogP contribution in [0.5, 0.6) is 0 Å². The fourth-order valence-electron chi connectivity index (χ4n) is 2.39. The molecule has 0 radical (unpaired) electrons. The Hall–Kier alpha value is -0.440. The highest BCUT2D eigenvalue weighted by Crippen LogP contribution is 2.34. The molecule has 0 unspecified atom stereocenters. The number of carboxylic acid groups (broad SMARTS) is 1. The highest BCUT2D eigenvalue weighted by atomic mass is 79.9. The molecule has 0 bridgehead atoms. The van der Waals surface area contributed by atoms with Crippen molar-refractivity contribution in [3.8, 4) is 0 Å². The third-order valence-electron chi connectivity index (χ3n) is 3.55. The molecule has 0 aromatic carbocycles. The van der Waals surface area contributed by atoms with Gasteiger partial charge in [-0.3, -0.25) is 4.79 Å². The van der Waals surface area contributed by atoms with Crippen molar-refractivity contribution in [1.29, 1.82) is 0 Å². The van der Waals surface area contributed by atoms with Crippen LogP contribution in [0.3, 0.4) is 0 Å². The lowest BCUT2D eigenvalue weighted by Gasteiger charge is -2.33. The van der Waals surface area contributed by atoms with Crippen LogP contribution < -0.4 is 4.72 Å². The first-order valence-corrected chi connectivity index (χ1v) is 9.39. The van der Waals surface area contributed by atoms with Gasteiger partial charge in [-0.05, 0) is 47.3 Å². The lowest BCUT2D eigenvalue weighted by atomic mass is 9.83. The van der Waals surface area contributed by atoms with Gasteiger partial charge in [-0.15, -0.1) is 11.3 Å². The van der Waals surface area contributed by atoms with Gasteiger partial charge in [0.15, 0.2) is 0 Å². The molecule has 1 aromatic heterocycles. The van der Waals surface area contributed by atoms with E-state index in [-0.39, 0.29) is 4.21 Å². The van der Waals surface area contributed by atoms with E-state index in [2.05, 4.69) is 20.7 Å². The molecule has 0 amide bonds. The van der Waals surface area contributed by atoms with E-state index in [0.717, 1.165) is 39.9 Å². The zero-order valence-corrected chi connectivity index (χ0v) is 14.2. The summed E-state index contributed by atoms with van der Waals surface area (Å²) in [6.07, 6.45) is 3.07. The van der Waals surface area contributed by atoms with Crippen LogP contribution in [-0.2, 0) is 14.8 Å². The Bertz CT molecular complexity index is 598. The van der Waals surface area contributed by atoms with Crippen LogP contribution in [-0.4, -0.2) is 25.0 Å². The molecule has 8 heteroatoms. The number of carboxylic acids is 1. The van der Waals surface area contributed by atoms with E-state index in [1.807, 2.05) is 0 Å². The highest BCUT2D eigenvalue weighted by Gasteiger charge is 2.43. The van der Waals surface area contributed by atoms with Crippen molar-refractivity contribution >= 4 is 43.3 Å². The molecule has 0 aliphatic heterocycles. The average Bonchev–Trinajstić information content (AvgIpc) is 2.71. The van der Waals surface area contributed by atoms with Crippen molar-refractivity contribution in [3.63, 3.8) is 0 Å². The van der Waals surface area contributed by atoms with Crippen LogP contribution in [0, 0.1) is 6.92 Å². The van der Waals surface area contributed by atoms with Crippen molar-refractivity contribution in [3.05, 3.63) is 15.4 Å². The van der Waals surface area contributed by atoms with Crippen LogP contribution in [0.2, 0.25) is 0 Å². The predicted octanol–water partition coefficient (Wildman–Crippen LogP) is 2.88. The predicted molar refractivity (Wildman–Crippen MR) is 80.5 cm³/mol. The van der Waals surface area contributed by atoms with Crippen molar-refractivity contribution in [2.45, 2.75) is 48.8 Å². The summed E-state index contributed by atoms with van der Waals surface area (Å²) in [7, 11) is -3.81. The number of aliphatic carboxylic acids is 1. The minimum absolute atomic E-state index is 0.146. The van der Waals surface area contributed by atoms with E-state index in [9.17, 15) is 18.3 Å². The molecule has 112 valence electrons. The first-order chi connectivity index (χ1) is 9.27. The van der Waals surface area contributed by atoms with E-state index in [1.165, 1.54) is 0 Å². The van der Waals surface area contributed by atoms with Crippen molar-refractivity contribution in [2.24, 2.45) is 0 Å². The second kappa shape index (κ2) is 5.75. The number of carbonyl (C=O) groups is 1. The molecule has 0 spiro atoms. The molecule has 1 aliphatic carbocycles. The Morgan fingerprint density at radius 2 is 2.00 bits per heavy atom. The molecule has 1 aliphatic rings. The summed E-state index contributed by atoms with van der Waals surface area (Å²) < 4.78 is 28.1. The maximum Gasteiger partial charge on any atom is 0.324 e. The minimum Gasteiger partial charge on any atom is -0.480 e. The number of thiophene rings is 1. The van der Waals surface area contributed by atoms with Gasteiger partial charge in [-0.25, -0.2) is 8.42 Å². The van der Waals surface area contributed by atoms with Crippen LogP contribution in [0.1, 0.15) is 37.7 Å². The van der Waals surface area contributed by atoms with Crippen molar-refractivity contribution < 1.29 is 18.3 Å². The third-order valence-corrected chi connectivity index (χ3v) is 7.69. The molecule has 1 fully saturated rings. The lowest BCUT2D eigenvalue weighted by Crippen LogP contribution is -2.55. The summed E-state index contributed by atoms with van der Waals surface area (Å²) in [5.74, 6) is -1.09. The number of rotatable bonds is 4. The van der Waals surface area contributed by atoms with Crippen LogP contribution >= 0.6 is 27.3 Å². The number of nitrogens with one attached hydrogen (secondary N) is 1. The molecular weight excluding hydrogens is 366 g/mol. The fraction of sp³-hybridized carbons (Fsp3) is 0.583. The quantitative estimate of drug-likeness (QED) is 0.839. The molecule has 1 saturated carbocycles. The van der Waals surface area contributed by atoms with E-state index < -0.39 is 21.5 Å². The van der Waals surface area contributed by atoms with Crippen molar-refractivity contribution in [1.82, 2.24) is 4.72 Å². The highest BCUT2D eigenvalue weighted by molar-refractivity contribution is 9.11. The molecule has 2 N–H and O–H groups in total. The summed E-state index contributed by atoms with van der Waals surface area (Å²) in [5.41, 5.74) is -0.537. The smallest absolute Gasteiger partial charge is 0.324 e. The number of aryl methyl sites for hydroxylation is 1. The number of hydrogen-bond donors (Lipinski definition) is 2. The van der Waals surface area contributed by atoms with Gasteiger partial charge in [-0.1, -0.05) is 19.3 Å². The Morgan fingerprint density at radius 3 is 2.45 bits per heavy atom. The SMILES string of the molecule is Cc1cc(S(=O)(=O)NC2(C(=O)O)CCCCC2)sc1Br. The number of sulfonamides is 1. The number of hydrogen-bond acceptors (Lipinski definition) is 4. The topological polar surface area (TPSA) is 83.5 Å². The average molecular weight is 382 g/mol. The van der Waals surface area contributed by atoms with Gasteiger partial charge in [-0.2, -0.15) is 4.72 Å². The Balaban J connectivity index is 2.32. The zero-order valence-electron chi connectivity index (χ0n) is 11.0. The molecule has 1 aromatic rings. The van der Waals surface area contributed by atoms with Gasteiger partial charge in [0.25, 0.3) is 10.0 Å². The van der Waals surface area contributed by atoms with Gasteiger partial charge in [0.05, 0.1) is 3.79 Å².